The van der Waals surface area contributed by atoms with Gasteiger partial charge < -0.3 is 5.11 Å². The van der Waals surface area contributed by atoms with Crippen molar-refractivity contribution in [3.05, 3.63) is 0 Å². The predicted octanol–water partition coefficient (Wildman–Crippen LogP) is 1.36. The number of hydrogen-bond acceptors (Lipinski definition) is 1. The van der Waals surface area contributed by atoms with E-state index in [1.165, 1.54) is 12.8 Å². The highest BCUT2D eigenvalue weighted by Gasteiger charge is 2.28. The van der Waals surface area contributed by atoms with Crippen molar-refractivity contribution >= 4 is 0 Å². The molecule has 0 aromatic rings. The third-order valence-electron chi connectivity index (χ3n) is 2.06. The minimum Gasteiger partial charge on any atom is -0.393 e. The van der Waals surface area contributed by atoms with Crippen LogP contribution < -0.4 is 0 Å². The quantitative estimate of drug-likeness (QED) is 0.580. The van der Waals surface area contributed by atoms with Crippen LogP contribution in [0.5, 0.6) is 0 Å². The van der Waals surface area contributed by atoms with E-state index < -0.39 is 0 Å². The molecule has 1 aliphatic rings. The third kappa shape index (κ3) is 2.67. The van der Waals surface area contributed by atoms with Crippen LogP contribution in [0.1, 0.15) is 32.1 Å². The summed E-state index contributed by atoms with van der Waals surface area (Å²) >= 11 is 0. The molecule has 2 heteroatoms. The molecular formula is C8H15O2. The molecule has 59 valence electrons. The lowest BCUT2D eigenvalue weighted by molar-refractivity contribution is 0.129. The molecule has 0 aromatic carbocycles. The number of hydrogen-bond donors (Lipinski definition) is 1. The fourth-order valence-electron chi connectivity index (χ4n) is 1.17. The average molecular weight is 143 g/mol. The van der Waals surface area contributed by atoms with E-state index in [2.05, 4.69) is 0 Å². The molecule has 0 saturated heterocycles. The smallest absolute Gasteiger partial charge is 0.0822 e. The van der Waals surface area contributed by atoms with Crippen molar-refractivity contribution in [2.45, 2.75) is 38.2 Å². The second kappa shape index (κ2) is 3.94. The molecule has 1 saturated carbocycles. The van der Waals surface area contributed by atoms with Gasteiger partial charge in [0, 0.05) is 0 Å². The number of unbranched alkanes of at least 4 members (excludes halogenated alkanes) is 1. The Morgan fingerprint density at radius 2 is 2.10 bits per heavy atom. The van der Waals surface area contributed by atoms with Crippen LogP contribution in [0.4, 0.5) is 0 Å². The first-order valence-electron chi connectivity index (χ1n) is 4.10. The van der Waals surface area contributed by atoms with Gasteiger partial charge in [0.05, 0.1) is 12.7 Å². The van der Waals surface area contributed by atoms with Gasteiger partial charge in [0.2, 0.25) is 0 Å². The fourth-order valence-corrected chi connectivity index (χ4v) is 1.17. The summed E-state index contributed by atoms with van der Waals surface area (Å²) in [6.45, 7) is 0.0113. The predicted molar refractivity (Wildman–Crippen MR) is 38.1 cm³/mol. The zero-order chi connectivity index (χ0) is 7.40. The van der Waals surface area contributed by atoms with Crippen molar-refractivity contribution in [1.29, 1.82) is 0 Å². The normalized spacial score (nSPS) is 21.0. The van der Waals surface area contributed by atoms with E-state index in [1.807, 2.05) is 0 Å². The molecule has 0 aromatic heterocycles. The summed E-state index contributed by atoms with van der Waals surface area (Å²) in [7, 11) is 0. The lowest BCUT2D eigenvalue weighted by Crippen LogP contribution is -2.08. The van der Waals surface area contributed by atoms with Crippen LogP contribution in [0, 0.1) is 5.92 Å². The molecule has 1 rings (SSSR count). The molecule has 0 amide bonds. The Morgan fingerprint density at radius 3 is 2.60 bits per heavy atom. The van der Waals surface area contributed by atoms with Crippen LogP contribution in [-0.2, 0) is 5.11 Å². The minimum absolute atomic E-state index is 0.0113. The van der Waals surface area contributed by atoms with E-state index in [9.17, 15) is 10.2 Å². The largest absolute Gasteiger partial charge is 0.393 e. The fraction of sp³-hybridized carbons (Fsp3) is 1.00. The van der Waals surface area contributed by atoms with Gasteiger partial charge in [-0.25, -0.2) is 5.11 Å². The van der Waals surface area contributed by atoms with Crippen LogP contribution in [0.2, 0.25) is 0 Å². The molecule has 10 heavy (non-hydrogen) atoms. The Kier molecular flexibility index (Phi) is 3.16. The maximum Gasteiger partial charge on any atom is 0.0822 e. The van der Waals surface area contributed by atoms with E-state index in [1.54, 1.807) is 0 Å². The van der Waals surface area contributed by atoms with Gasteiger partial charge in [-0.15, -0.1) is 0 Å². The van der Waals surface area contributed by atoms with Crippen LogP contribution >= 0.6 is 0 Å². The molecule has 2 nitrogen and oxygen atoms in total. The van der Waals surface area contributed by atoms with Crippen molar-refractivity contribution in [3.63, 3.8) is 0 Å². The lowest BCUT2D eigenvalue weighted by Gasteiger charge is -2.06. The van der Waals surface area contributed by atoms with Crippen molar-refractivity contribution in [3.8, 4) is 0 Å². The first-order chi connectivity index (χ1) is 4.84. The molecule has 0 heterocycles. The van der Waals surface area contributed by atoms with Gasteiger partial charge in [-0.2, -0.15) is 0 Å². The number of aliphatic hydroxyl groups excluding tert-OH is 1. The molecule has 1 aliphatic carbocycles. The van der Waals surface area contributed by atoms with Gasteiger partial charge in [0.1, 0.15) is 0 Å². The summed E-state index contributed by atoms with van der Waals surface area (Å²) in [4.78, 5) is 0. The first kappa shape index (κ1) is 8.02. The Balaban J connectivity index is 1.90. The van der Waals surface area contributed by atoms with Crippen molar-refractivity contribution in [2.75, 3.05) is 6.61 Å². The first-order valence-corrected chi connectivity index (χ1v) is 4.10. The van der Waals surface area contributed by atoms with Crippen molar-refractivity contribution in [2.24, 2.45) is 5.92 Å². The number of rotatable bonds is 5. The van der Waals surface area contributed by atoms with Crippen LogP contribution in [0.3, 0.4) is 0 Å². The SMILES string of the molecule is [O]CCCCC(O)C1CC1. The summed E-state index contributed by atoms with van der Waals surface area (Å²) in [5.74, 6) is 0.576. The molecule has 1 unspecified atom stereocenters. The average Bonchev–Trinajstić information content (AvgIpc) is 2.69. The van der Waals surface area contributed by atoms with Gasteiger partial charge in [-0.3, -0.25) is 0 Å². The summed E-state index contributed by atoms with van der Waals surface area (Å²) in [6, 6.07) is 0. The van der Waals surface area contributed by atoms with Gasteiger partial charge >= 0.3 is 0 Å². The lowest BCUT2D eigenvalue weighted by atomic mass is 10.1. The number of aliphatic hydroxyl groups is 1. The van der Waals surface area contributed by atoms with Crippen LogP contribution in [-0.4, -0.2) is 17.8 Å². The second-order valence-electron chi connectivity index (χ2n) is 3.10. The Hall–Kier alpha value is -0.0800. The Labute approximate surface area is 61.9 Å². The van der Waals surface area contributed by atoms with Gasteiger partial charge in [0.15, 0.2) is 0 Å². The molecule has 1 atom stereocenters. The topological polar surface area (TPSA) is 40.1 Å². The van der Waals surface area contributed by atoms with E-state index in [0.717, 1.165) is 19.3 Å². The maximum atomic E-state index is 10.0. The standard InChI is InChI=1S/C8H15O2/c9-6-2-1-3-8(10)7-4-5-7/h7-8,10H,1-6H2. The molecule has 0 spiro atoms. The summed E-state index contributed by atoms with van der Waals surface area (Å²) in [6.07, 6.45) is 4.75. The minimum atomic E-state index is -0.105. The van der Waals surface area contributed by atoms with E-state index in [0.29, 0.717) is 5.92 Å². The summed E-state index contributed by atoms with van der Waals surface area (Å²) in [5.41, 5.74) is 0. The highest BCUT2D eigenvalue weighted by Crippen LogP contribution is 2.34. The zero-order valence-electron chi connectivity index (χ0n) is 6.25. The summed E-state index contributed by atoms with van der Waals surface area (Å²) in [5, 5.41) is 19.3. The van der Waals surface area contributed by atoms with Gasteiger partial charge in [-0.1, -0.05) is 0 Å². The molecule has 0 bridgehead atoms. The molecule has 1 radical (unpaired) electrons. The van der Waals surface area contributed by atoms with Crippen LogP contribution in [0.15, 0.2) is 0 Å². The van der Waals surface area contributed by atoms with Gasteiger partial charge in [0.25, 0.3) is 0 Å². The molecular weight excluding hydrogens is 128 g/mol. The third-order valence-corrected chi connectivity index (χ3v) is 2.06. The monoisotopic (exact) mass is 143 g/mol. The molecule has 1 fully saturated rings. The van der Waals surface area contributed by atoms with E-state index >= 15 is 0 Å². The molecule has 1 N–H and O–H groups in total. The van der Waals surface area contributed by atoms with Crippen molar-refractivity contribution < 1.29 is 10.2 Å². The van der Waals surface area contributed by atoms with Crippen LogP contribution in [0.25, 0.3) is 0 Å². The highest BCUT2D eigenvalue weighted by atomic mass is 16.3. The summed E-state index contributed by atoms with van der Waals surface area (Å²) < 4.78 is 0. The van der Waals surface area contributed by atoms with E-state index in [-0.39, 0.29) is 12.7 Å². The zero-order valence-corrected chi connectivity index (χ0v) is 6.25. The Morgan fingerprint density at radius 1 is 1.40 bits per heavy atom. The van der Waals surface area contributed by atoms with E-state index in [4.69, 9.17) is 0 Å². The molecule has 0 aliphatic heterocycles. The second-order valence-corrected chi connectivity index (χ2v) is 3.10. The Bertz CT molecular complexity index is 89.3. The maximum absolute atomic E-state index is 10.0. The highest BCUT2D eigenvalue weighted by molar-refractivity contribution is 4.80. The van der Waals surface area contributed by atoms with Crippen molar-refractivity contribution in [1.82, 2.24) is 0 Å². The van der Waals surface area contributed by atoms with Gasteiger partial charge in [-0.05, 0) is 38.0 Å².